The van der Waals surface area contributed by atoms with Crippen molar-refractivity contribution in [3.05, 3.63) is 0 Å². The number of ether oxygens (including phenoxy) is 1. The number of nitrogens with two attached hydrogens (primary N) is 1. The second kappa shape index (κ2) is 4.94. The van der Waals surface area contributed by atoms with E-state index in [9.17, 15) is 4.79 Å². The molecule has 1 saturated heterocycles. The van der Waals surface area contributed by atoms with Gasteiger partial charge in [0.05, 0.1) is 18.6 Å². The summed E-state index contributed by atoms with van der Waals surface area (Å²) in [6.07, 6.45) is 0. The molecule has 0 saturated carbocycles. The molecule has 0 bridgehead atoms. The Morgan fingerprint density at radius 2 is 2.18 bits per heavy atom. The number of nitrogens with one attached hydrogen (secondary N) is 1. The second-order valence-corrected chi connectivity index (χ2v) is 6.52. The van der Waals surface area contributed by atoms with Gasteiger partial charge >= 0.3 is 0 Å². The van der Waals surface area contributed by atoms with Gasteiger partial charge in [-0.2, -0.15) is 0 Å². The van der Waals surface area contributed by atoms with Crippen LogP contribution in [0.25, 0.3) is 0 Å². The molecule has 4 heteroatoms. The smallest absolute Gasteiger partial charge is 0.229 e. The normalized spacial score (nSPS) is 31.3. The number of rotatable bonds is 3. The second-order valence-electron chi connectivity index (χ2n) is 6.52. The van der Waals surface area contributed by atoms with Gasteiger partial charge in [-0.25, -0.2) is 0 Å². The zero-order chi connectivity index (χ0) is 13.3. The molecule has 1 aliphatic rings. The lowest BCUT2D eigenvalue weighted by Crippen LogP contribution is -2.51. The Balaban J connectivity index is 2.50. The quantitative estimate of drug-likeness (QED) is 0.780. The summed E-state index contributed by atoms with van der Waals surface area (Å²) in [5.74, 6) is 0.437. The molecule has 0 spiro atoms. The van der Waals surface area contributed by atoms with E-state index >= 15 is 0 Å². The molecule has 1 amide bonds. The van der Waals surface area contributed by atoms with Gasteiger partial charge in [0.15, 0.2) is 0 Å². The Hall–Kier alpha value is -0.610. The summed E-state index contributed by atoms with van der Waals surface area (Å²) < 4.78 is 5.28. The van der Waals surface area contributed by atoms with Crippen molar-refractivity contribution < 1.29 is 9.53 Å². The third-order valence-corrected chi connectivity index (χ3v) is 4.08. The number of amides is 1. The van der Waals surface area contributed by atoms with Crippen molar-refractivity contribution in [2.45, 2.75) is 40.7 Å². The number of hydrogen-bond acceptors (Lipinski definition) is 3. The standard InChI is InChI=1S/C13H26N2O2/c1-9(12(2,3)4)6-15-11(16)13(5)8-17-7-10(13)14/h9-10H,6-8,14H2,1-5H3,(H,15,16). The van der Waals surface area contributed by atoms with Crippen LogP contribution in [0, 0.1) is 16.7 Å². The third kappa shape index (κ3) is 3.19. The fourth-order valence-corrected chi connectivity index (χ4v) is 1.68. The SMILES string of the molecule is CC(CNC(=O)C1(C)COCC1N)C(C)(C)C. The Bertz CT molecular complexity index is 286. The fraction of sp³-hybridized carbons (Fsp3) is 0.923. The molecular formula is C13H26N2O2. The highest BCUT2D eigenvalue weighted by Crippen LogP contribution is 2.28. The summed E-state index contributed by atoms with van der Waals surface area (Å²) in [5, 5.41) is 3.00. The average molecular weight is 242 g/mol. The predicted octanol–water partition coefficient (Wildman–Crippen LogP) is 1.15. The summed E-state index contributed by atoms with van der Waals surface area (Å²) in [6.45, 7) is 12.1. The van der Waals surface area contributed by atoms with Gasteiger partial charge in [-0.1, -0.05) is 27.7 Å². The van der Waals surface area contributed by atoms with Crippen molar-refractivity contribution in [2.75, 3.05) is 19.8 Å². The average Bonchev–Trinajstić information content (AvgIpc) is 2.55. The minimum absolute atomic E-state index is 0.0126. The lowest BCUT2D eigenvalue weighted by atomic mass is 9.81. The third-order valence-electron chi connectivity index (χ3n) is 4.08. The van der Waals surface area contributed by atoms with Crippen molar-refractivity contribution in [2.24, 2.45) is 22.5 Å². The summed E-state index contributed by atoms with van der Waals surface area (Å²) in [6, 6.07) is -0.201. The van der Waals surface area contributed by atoms with Crippen LogP contribution >= 0.6 is 0 Å². The van der Waals surface area contributed by atoms with E-state index in [4.69, 9.17) is 10.5 Å². The van der Waals surface area contributed by atoms with Crippen LogP contribution in [0.15, 0.2) is 0 Å². The molecule has 0 aromatic rings. The zero-order valence-corrected chi connectivity index (χ0v) is 11.7. The molecule has 1 heterocycles. The molecule has 100 valence electrons. The van der Waals surface area contributed by atoms with E-state index in [0.717, 1.165) is 0 Å². The van der Waals surface area contributed by atoms with Crippen molar-refractivity contribution in [3.8, 4) is 0 Å². The maximum absolute atomic E-state index is 12.1. The molecule has 3 atom stereocenters. The Kier molecular flexibility index (Phi) is 4.20. The van der Waals surface area contributed by atoms with Gasteiger partial charge in [0.2, 0.25) is 5.91 Å². The van der Waals surface area contributed by atoms with Crippen LogP contribution in [0.3, 0.4) is 0 Å². The van der Waals surface area contributed by atoms with Crippen molar-refractivity contribution in [1.29, 1.82) is 0 Å². The fourth-order valence-electron chi connectivity index (χ4n) is 1.68. The van der Waals surface area contributed by atoms with Crippen molar-refractivity contribution in [3.63, 3.8) is 0 Å². The highest BCUT2D eigenvalue weighted by molar-refractivity contribution is 5.83. The maximum Gasteiger partial charge on any atom is 0.229 e. The first-order valence-corrected chi connectivity index (χ1v) is 6.29. The molecule has 0 aromatic carbocycles. The minimum atomic E-state index is -0.572. The van der Waals surface area contributed by atoms with Gasteiger partial charge in [0, 0.05) is 12.6 Å². The molecule has 0 aliphatic carbocycles. The largest absolute Gasteiger partial charge is 0.379 e. The highest BCUT2D eigenvalue weighted by Gasteiger charge is 2.44. The van der Waals surface area contributed by atoms with Gasteiger partial charge in [-0.05, 0) is 18.3 Å². The first-order valence-electron chi connectivity index (χ1n) is 6.29. The first-order chi connectivity index (χ1) is 7.68. The van der Waals surface area contributed by atoms with E-state index in [-0.39, 0.29) is 17.4 Å². The number of hydrogen-bond donors (Lipinski definition) is 2. The zero-order valence-electron chi connectivity index (χ0n) is 11.7. The van der Waals surface area contributed by atoms with E-state index < -0.39 is 5.41 Å². The summed E-state index contributed by atoms with van der Waals surface area (Å²) in [7, 11) is 0. The van der Waals surface area contributed by atoms with Crippen LogP contribution < -0.4 is 11.1 Å². The van der Waals surface area contributed by atoms with Crippen molar-refractivity contribution >= 4 is 5.91 Å². The summed E-state index contributed by atoms with van der Waals surface area (Å²) in [4.78, 5) is 12.1. The summed E-state index contributed by atoms with van der Waals surface area (Å²) >= 11 is 0. The Labute approximate surface area is 104 Å². The molecule has 1 rings (SSSR count). The van der Waals surface area contributed by atoms with Crippen LogP contribution in [0.1, 0.15) is 34.6 Å². The topological polar surface area (TPSA) is 64.3 Å². The van der Waals surface area contributed by atoms with Gasteiger partial charge in [-0.3, -0.25) is 4.79 Å². The van der Waals surface area contributed by atoms with Gasteiger partial charge in [0.1, 0.15) is 0 Å². The van der Waals surface area contributed by atoms with E-state index in [0.29, 0.717) is 25.7 Å². The molecule has 0 aromatic heterocycles. The number of carbonyl (C=O) groups excluding carboxylic acids is 1. The van der Waals surface area contributed by atoms with Gasteiger partial charge < -0.3 is 15.8 Å². The molecule has 1 aliphatic heterocycles. The lowest BCUT2D eigenvalue weighted by Gasteiger charge is -2.30. The maximum atomic E-state index is 12.1. The molecule has 3 unspecified atom stereocenters. The van der Waals surface area contributed by atoms with E-state index in [1.165, 1.54) is 0 Å². The lowest BCUT2D eigenvalue weighted by molar-refractivity contribution is -0.131. The van der Waals surface area contributed by atoms with Crippen LogP contribution in [0.4, 0.5) is 0 Å². The number of carbonyl (C=O) groups is 1. The molecule has 3 N–H and O–H groups in total. The van der Waals surface area contributed by atoms with Gasteiger partial charge in [-0.15, -0.1) is 0 Å². The van der Waals surface area contributed by atoms with Crippen molar-refractivity contribution in [1.82, 2.24) is 5.32 Å². The first kappa shape index (κ1) is 14.5. The van der Waals surface area contributed by atoms with E-state index in [1.54, 1.807) is 0 Å². The molecular weight excluding hydrogens is 216 g/mol. The van der Waals surface area contributed by atoms with E-state index in [1.807, 2.05) is 6.92 Å². The van der Waals surface area contributed by atoms with Crippen LogP contribution in [0.2, 0.25) is 0 Å². The Morgan fingerprint density at radius 1 is 1.59 bits per heavy atom. The molecule has 0 radical (unpaired) electrons. The molecule has 1 fully saturated rings. The van der Waals surface area contributed by atoms with Gasteiger partial charge in [0.25, 0.3) is 0 Å². The van der Waals surface area contributed by atoms with Crippen LogP contribution in [-0.4, -0.2) is 31.7 Å². The van der Waals surface area contributed by atoms with Crippen LogP contribution in [-0.2, 0) is 9.53 Å². The predicted molar refractivity (Wildman–Crippen MR) is 68.5 cm³/mol. The Morgan fingerprint density at radius 3 is 2.59 bits per heavy atom. The van der Waals surface area contributed by atoms with Crippen LogP contribution in [0.5, 0.6) is 0 Å². The van der Waals surface area contributed by atoms with E-state index in [2.05, 4.69) is 33.0 Å². The minimum Gasteiger partial charge on any atom is -0.379 e. The molecule has 4 nitrogen and oxygen atoms in total. The highest BCUT2D eigenvalue weighted by atomic mass is 16.5. The summed E-state index contributed by atoms with van der Waals surface area (Å²) in [5.41, 5.74) is 5.55. The monoisotopic (exact) mass is 242 g/mol. The molecule has 17 heavy (non-hydrogen) atoms.